The van der Waals surface area contributed by atoms with Crippen molar-refractivity contribution in [3.63, 3.8) is 0 Å². The molecule has 0 spiro atoms. The summed E-state index contributed by atoms with van der Waals surface area (Å²) in [5.41, 5.74) is 0. The Morgan fingerprint density at radius 2 is 1.80 bits per heavy atom. The lowest BCUT2D eigenvalue weighted by molar-refractivity contribution is 0.183. The van der Waals surface area contributed by atoms with Crippen molar-refractivity contribution in [1.82, 2.24) is 0 Å². The van der Waals surface area contributed by atoms with Crippen molar-refractivity contribution in [3.05, 3.63) is 0 Å². The molecule has 88 valence electrons. The molecule has 2 aliphatic carbocycles. The van der Waals surface area contributed by atoms with Gasteiger partial charge in [-0.15, -0.1) is 0 Å². The van der Waals surface area contributed by atoms with Crippen molar-refractivity contribution < 1.29 is 5.11 Å². The Labute approximate surface area is 98.0 Å². The van der Waals surface area contributed by atoms with Crippen LogP contribution in [0.5, 0.6) is 0 Å². The molecular weight excluding hydrogens is 204 g/mol. The average molecular weight is 228 g/mol. The van der Waals surface area contributed by atoms with Crippen molar-refractivity contribution in [2.24, 2.45) is 5.92 Å². The molecule has 2 fully saturated rings. The molecule has 1 atom stereocenters. The van der Waals surface area contributed by atoms with Gasteiger partial charge in [0.2, 0.25) is 0 Å². The van der Waals surface area contributed by atoms with Crippen LogP contribution in [0.25, 0.3) is 0 Å². The predicted octanol–water partition coefficient (Wildman–Crippen LogP) is 3.60. The Hall–Kier alpha value is 0.310. The fourth-order valence-corrected chi connectivity index (χ4v) is 3.72. The number of aliphatic hydroxyl groups excluding tert-OH is 1. The maximum absolute atomic E-state index is 9.84. The third-order valence-corrected chi connectivity index (χ3v) is 5.20. The highest BCUT2D eigenvalue weighted by atomic mass is 32.2. The van der Waals surface area contributed by atoms with Gasteiger partial charge in [-0.25, -0.2) is 0 Å². The predicted molar refractivity (Wildman–Crippen MR) is 67.3 cm³/mol. The van der Waals surface area contributed by atoms with Gasteiger partial charge in [0.25, 0.3) is 0 Å². The standard InChI is InChI=1S/C13H24OS/c14-12(9-8-11-6-7-11)10-15-13-4-2-1-3-5-13/h11-14H,1-10H2. The van der Waals surface area contributed by atoms with E-state index in [0.717, 1.165) is 23.3 Å². The molecule has 0 aromatic carbocycles. The molecule has 2 rings (SSSR count). The lowest BCUT2D eigenvalue weighted by Gasteiger charge is -2.22. The molecule has 1 unspecified atom stereocenters. The van der Waals surface area contributed by atoms with Crippen molar-refractivity contribution in [2.45, 2.75) is 69.1 Å². The molecule has 1 N–H and O–H groups in total. The molecular formula is C13H24OS. The van der Waals surface area contributed by atoms with E-state index in [-0.39, 0.29) is 6.10 Å². The van der Waals surface area contributed by atoms with E-state index in [1.807, 2.05) is 11.8 Å². The van der Waals surface area contributed by atoms with Crippen molar-refractivity contribution >= 4 is 11.8 Å². The van der Waals surface area contributed by atoms with Crippen LogP contribution in [0.15, 0.2) is 0 Å². The van der Waals surface area contributed by atoms with E-state index in [1.165, 1.54) is 51.4 Å². The Morgan fingerprint density at radius 1 is 1.07 bits per heavy atom. The van der Waals surface area contributed by atoms with E-state index in [9.17, 15) is 5.11 Å². The topological polar surface area (TPSA) is 20.2 Å². The highest BCUT2D eigenvalue weighted by molar-refractivity contribution is 7.99. The Kier molecular flexibility index (Phi) is 4.83. The molecule has 0 amide bonds. The van der Waals surface area contributed by atoms with E-state index >= 15 is 0 Å². The minimum atomic E-state index is -0.0301. The van der Waals surface area contributed by atoms with Gasteiger partial charge in [0, 0.05) is 11.0 Å². The van der Waals surface area contributed by atoms with Gasteiger partial charge in [0.05, 0.1) is 6.10 Å². The molecule has 0 aromatic heterocycles. The summed E-state index contributed by atoms with van der Waals surface area (Å²) in [5, 5.41) is 10.7. The van der Waals surface area contributed by atoms with E-state index in [0.29, 0.717) is 0 Å². The molecule has 0 heterocycles. The normalized spacial score (nSPS) is 25.4. The zero-order valence-electron chi connectivity index (χ0n) is 9.66. The van der Waals surface area contributed by atoms with E-state index in [4.69, 9.17) is 0 Å². The van der Waals surface area contributed by atoms with Gasteiger partial charge in [-0.3, -0.25) is 0 Å². The molecule has 0 aliphatic heterocycles. The smallest absolute Gasteiger partial charge is 0.0630 e. The number of aliphatic hydroxyl groups is 1. The second kappa shape index (κ2) is 6.15. The van der Waals surface area contributed by atoms with E-state index < -0.39 is 0 Å². The van der Waals surface area contributed by atoms with Gasteiger partial charge in [-0.1, -0.05) is 32.1 Å². The first-order valence-electron chi connectivity index (χ1n) is 6.64. The van der Waals surface area contributed by atoms with Gasteiger partial charge in [0.15, 0.2) is 0 Å². The third kappa shape index (κ3) is 4.78. The van der Waals surface area contributed by atoms with Gasteiger partial charge in [0.1, 0.15) is 0 Å². The number of hydrogen-bond donors (Lipinski definition) is 1. The first kappa shape index (κ1) is 11.8. The zero-order valence-corrected chi connectivity index (χ0v) is 10.5. The Morgan fingerprint density at radius 3 is 2.47 bits per heavy atom. The molecule has 2 saturated carbocycles. The van der Waals surface area contributed by atoms with Crippen LogP contribution >= 0.6 is 11.8 Å². The van der Waals surface area contributed by atoms with Crippen LogP contribution in [0.2, 0.25) is 0 Å². The summed E-state index contributed by atoms with van der Waals surface area (Å²) in [7, 11) is 0. The molecule has 0 bridgehead atoms. The molecule has 0 radical (unpaired) electrons. The third-order valence-electron chi connectivity index (χ3n) is 3.68. The quantitative estimate of drug-likeness (QED) is 0.749. The van der Waals surface area contributed by atoms with Crippen LogP contribution in [0.1, 0.15) is 57.8 Å². The summed E-state index contributed by atoms with van der Waals surface area (Å²) in [6.45, 7) is 0. The fourth-order valence-electron chi connectivity index (χ4n) is 2.40. The average Bonchev–Trinajstić information content (AvgIpc) is 3.09. The molecule has 1 nitrogen and oxygen atoms in total. The summed E-state index contributed by atoms with van der Waals surface area (Å²) in [4.78, 5) is 0. The summed E-state index contributed by atoms with van der Waals surface area (Å²) in [6.07, 6.45) is 12.2. The zero-order chi connectivity index (χ0) is 10.5. The molecule has 2 aliphatic rings. The van der Waals surface area contributed by atoms with E-state index in [2.05, 4.69) is 0 Å². The monoisotopic (exact) mass is 228 g/mol. The molecule has 15 heavy (non-hydrogen) atoms. The summed E-state index contributed by atoms with van der Waals surface area (Å²) < 4.78 is 0. The summed E-state index contributed by atoms with van der Waals surface area (Å²) >= 11 is 2.03. The number of hydrogen-bond acceptors (Lipinski definition) is 2. The SMILES string of the molecule is OC(CCC1CC1)CSC1CCCCC1. The fraction of sp³-hybridized carbons (Fsp3) is 1.00. The van der Waals surface area contributed by atoms with Crippen LogP contribution in [0.3, 0.4) is 0 Å². The van der Waals surface area contributed by atoms with Gasteiger partial charge >= 0.3 is 0 Å². The molecule has 0 saturated heterocycles. The van der Waals surface area contributed by atoms with Crippen LogP contribution in [-0.2, 0) is 0 Å². The molecule has 2 heteroatoms. The number of rotatable bonds is 6. The maximum atomic E-state index is 9.84. The van der Waals surface area contributed by atoms with Crippen LogP contribution in [0, 0.1) is 5.92 Å². The first-order chi connectivity index (χ1) is 7.34. The van der Waals surface area contributed by atoms with E-state index in [1.54, 1.807) is 0 Å². The Bertz CT molecular complexity index is 173. The second-order valence-corrected chi connectivity index (χ2v) is 6.60. The van der Waals surface area contributed by atoms with Gasteiger partial charge in [-0.2, -0.15) is 11.8 Å². The lowest BCUT2D eigenvalue weighted by atomic mass is 10.0. The minimum Gasteiger partial charge on any atom is -0.392 e. The Balaban J connectivity index is 1.50. The highest BCUT2D eigenvalue weighted by Crippen LogP contribution is 2.34. The summed E-state index contributed by atoms with van der Waals surface area (Å²) in [6, 6.07) is 0. The lowest BCUT2D eigenvalue weighted by Crippen LogP contribution is -2.15. The van der Waals surface area contributed by atoms with Crippen molar-refractivity contribution in [3.8, 4) is 0 Å². The number of thioether (sulfide) groups is 1. The molecule has 0 aromatic rings. The maximum Gasteiger partial charge on any atom is 0.0630 e. The van der Waals surface area contributed by atoms with Crippen molar-refractivity contribution in [1.29, 1.82) is 0 Å². The minimum absolute atomic E-state index is 0.0301. The highest BCUT2D eigenvalue weighted by Gasteiger charge is 2.22. The van der Waals surface area contributed by atoms with Gasteiger partial charge < -0.3 is 5.11 Å². The van der Waals surface area contributed by atoms with Crippen LogP contribution in [-0.4, -0.2) is 22.2 Å². The second-order valence-electron chi connectivity index (χ2n) is 5.27. The summed E-state index contributed by atoms with van der Waals surface area (Å²) in [5.74, 6) is 1.96. The van der Waals surface area contributed by atoms with Crippen molar-refractivity contribution in [2.75, 3.05) is 5.75 Å². The largest absolute Gasteiger partial charge is 0.392 e. The van der Waals surface area contributed by atoms with Crippen LogP contribution < -0.4 is 0 Å². The van der Waals surface area contributed by atoms with Crippen LogP contribution in [0.4, 0.5) is 0 Å². The van der Waals surface area contributed by atoms with Gasteiger partial charge in [-0.05, 0) is 31.6 Å². The first-order valence-corrected chi connectivity index (χ1v) is 7.69.